The summed E-state index contributed by atoms with van der Waals surface area (Å²) in [5.41, 5.74) is 10.3. The van der Waals surface area contributed by atoms with Crippen molar-refractivity contribution >= 4 is 44.7 Å². The highest BCUT2D eigenvalue weighted by Crippen LogP contribution is 2.53. The summed E-state index contributed by atoms with van der Waals surface area (Å²) in [6, 6.07) is 10.0. The van der Waals surface area contributed by atoms with Gasteiger partial charge in [-0.05, 0) is 62.1 Å². The van der Waals surface area contributed by atoms with Gasteiger partial charge in [-0.1, -0.05) is 29.3 Å². The van der Waals surface area contributed by atoms with Crippen LogP contribution in [0.3, 0.4) is 0 Å². The second kappa shape index (κ2) is 9.72. The van der Waals surface area contributed by atoms with Crippen LogP contribution in [0, 0.1) is 0 Å². The van der Waals surface area contributed by atoms with Crippen molar-refractivity contribution in [2.75, 3.05) is 27.0 Å². The maximum Gasteiger partial charge on any atom is 0.256 e. The van der Waals surface area contributed by atoms with Gasteiger partial charge in [0.2, 0.25) is 0 Å². The quantitative estimate of drug-likeness (QED) is 0.530. The van der Waals surface area contributed by atoms with Gasteiger partial charge in [-0.3, -0.25) is 9.79 Å². The summed E-state index contributed by atoms with van der Waals surface area (Å²) >= 11 is 12.8. The molecule has 2 N–H and O–H groups in total. The molecular formula is C26H29Cl2N3O4S. The van der Waals surface area contributed by atoms with Gasteiger partial charge >= 0.3 is 0 Å². The topological polar surface area (TPSA) is 102 Å². The number of aliphatic imine (C=N–C) groups is 1. The van der Waals surface area contributed by atoms with Crippen LogP contribution >= 0.6 is 23.2 Å². The van der Waals surface area contributed by atoms with E-state index in [0.29, 0.717) is 64.7 Å². The van der Waals surface area contributed by atoms with Crippen LogP contribution in [0.15, 0.2) is 52.7 Å². The van der Waals surface area contributed by atoms with E-state index in [2.05, 4.69) is 4.99 Å². The van der Waals surface area contributed by atoms with Crippen molar-refractivity contribution in [3.63, 3.8) is 0 Å². The number of hydrogen-bond acceptors (Lipinski definition) is 6. The van der Waals surface area contributed by atoms with Gasteiger partial charge in [-0.25, -0.2) is 8.42 Å². The Kier molecular flexibility index (Phi) is 7.16. The number of nitrogens with zero attached hydrogens (tertiary/aromatic N) is 2. The molecule has 2 aliphatic rings. The lowest BCUT2D eigenvalue weighted by Crippen LogP contribution is -2.46. The number of rotatable bonds is 6. The number of carbonyl (C=O) groups excluding carboxylic acids is 1. The average molecular weight is 551 g/mol. The van der Waals surface area contributed by atoms with Gasteiger partial charge in [-0.2, -0.15) is 0 Å². The van der Waals surface area contributed by atoms with Crippen molar-refractivity contribution in [3.8, 4) is 5.75 Å². The molecule has 0 saturated heterocycles. The number of amides is 1. The first-order valence-electron chi connectivity index (χ1n) is 11.6. The van der Waals surface area contributed by atoms with Crippen molar-refractivity contribution in [2.24, 2.45) is 10.7 Å². The molecule has 7 nitrogen and oxygen atoms in total. The van der Waals surface area contributed by atoms with E-state index in [1.165, 1.54) is 13.4 Å². The standard InChI is InChI=1S/C26H29Cl2N3O4S/c1-15-23(29)20(8-11-31(15)25(32)19-6-5-7-21(35-3)22(19)28)24(30-2)16-12-17(14-18(27)13-16)26(9-10-26)36(4,33)34/h5-7,12-15H,8-11,29H2,1-4H3/t15-/m0/s1. The third-order valence-electron chi connectivity index (χ3n) is 7.16. The number of benzene rings is 2. The Balaban J connectivity index is 1.69. The molecule has 1 aliphatic heterocycles. The number of nitrogens with two attached hydrogens (primary N) is 1. The van der Waals surface area contributed by atoms with Crippen molar-refractivity contribution in [2.45, 2.75) is 37.0 Å². The highest BCUT2D eigenvalue weighted by molar-refractivity contribution is 7.92. The molecule has 1 heterocycles. The molecule has 1 saturated carbocycles. The molecule has 0 radical (unpaired) electrons. The van der Waals surface area contributed by atoms with Crippen molar-refractivity contribution in [3.05, 3.63) is 74.4 Å². The summed E-state index contributed by atoms with van der Waals surface area (Å²) in [7, 11) is -0.141. The number of ether oxygens (including phenoxy) is 1. The molecule has 4 rings (SSSR count). The van der Waals surface area contributed by atoms with Gasteiger partial charge in [0.05, 0.1) is 34.2 Å². The monoisotopic (exact) mass is 549 g/mol. The van der Waals surface area contributed by atoms with Crippen LogP contribution in [0.4, 0.5) is 0 Å². The molecule has 1 amide bonds. The first kappa shape index (κ1) is 26.5. The molecule has 2 aromatic rings. The van der Waals surface area contributed by atoms with Gasteiger partial charge < -0.3 is 15.4 Å². The molecule has 0 bridgehead atoms. The maximum absolute atomic E-state index is 13.4. The zero-order valence-corrected chi connectivity index (χ0v) is 23.0. The Hall–Kier alpha value is -2.55. The molecular weight excluding hydrogens is 521 g/mol. The van der Waals surface area contributed by atoms with Crippen LogP contribution < -0.4 is 10.5 Å². The third-order valence-corrected chi connectivity index (χ3v) is 9.84. The van der Waals surface area contributed by atoms with E-state index in [4.69, 9.17) is 33.7 Å². The summed E-state index contributed by atoms with van der Waals surface area (Å²) in [5.74, 6) is 0.188. The minimum absolute atomic E-state index is 0.239. The van der Waals surface area contributed by atoms with Crippen molar-refractivity contribution in [1.82, 2.24) is 4.90 Å². The summed E-state index contributed by atoms with van der Waals surface area (Å²) in [5, 5.41) is 0.693. The van der Waals surface area contributed by atoms with Crippen molar-refractivity contribution in [1.29, 1.82) is 0 Å². The minimum atomic E-state index is -3.31. The van der Waals surface area contributed by atoms with E-state index in [0.717, 1.165) is 5.57 Å². The molecule has 0 unspecified atom stereocenters. The van der Waals surface area contributed by atoms with E-state index in [9.17, 15) is 13.2 Å². The normalized spacial score (nSPS) is 19.9. The van der Waals surface area contributed by atoms with Crippen LogP contribution in [0.25, 0.3) is 0 Å². The lowest BCUT2D eigenvalue weighted by molar-refractivity contribution is 0.0706. The molecule has 1 fully saturated rings. The molecule has 10 heteroatoms. The first-order valence-corrected chi connectivity index (χ1v) is 14.2. The molecule has 2 aromatic carbocycles. The van der Waals surface area contributed by atoms with Crippen molar-refractivity contribution < 1.29 is 17.9 Å². The van der Waals surface area contributed by atoms with Gasteiger partial charge in [0.15, 0.2) is 9.84 Å². The highest BCUT2D eigenvalue weighted by atomic mass is 35.5. The maximum atomic E-state index is 13.4. The smallest absolute Gasteiger partial charge is 0.256 e. The Morgan fingerprint density at radius 2 is 1.92 bits per heavy atom. The summed E-state index contributed by atoms with van der Waals surface area (Å²) in [6.45, 7) is 2.27. The number of carbonyl (C=O) groups is 1. The van der Waals surface area contributed by atoms with Crippen LogP contribution in [-0.2, 0) is 14.6 Å². The van der Waals surface area contributed by atoms with Crippen LogP contribution in [0.1, 0.15) is 47.7 Å². The Morgan fingerprint density at radius 1 is 1.22 bits per heavy atom. The first-order chi connectivity index (χ1) is 16.9. The molecule has 1 aliphatic carbocycles. The van der Waals surface area contributed by atoms with Gasteiger partial charge in [0.1, 0.15) is 5.75 Å². The zero-order chi connectivity index (χ0) is 26.4. The SMILES string of the molecule is CN=C(C1=C(N)[C@H](C)N(C(=O)c2cccc(OC)c2Cl)CC1)c1cc(Cl)cc(C2(S(C)(=O)=O)CC2)c1. The third kappa shape index (κ3) is 4.51. The molecule has 192 valence electrons. The van der Waals surface area contributed by atoms with Gasteiger partial charge in [0, 0.05) is 41.7 Å². The predicted octanol–water partition coefficient (Wildman–Crippen LogP) is 4.60. The van der Waals surface area contributed by atoms with Crippen LogP contribution in [0.2, 0.25) is 10.0 Å². The fourth-order valence-corrected chi connectivity index (χ4v) is 6.83. The summed E-state index contributed by atoms with van der Waals surface area (Å²) in [6.07, 6.45) is 2.86. The predicted molar refractivity (Wildman–Crippen MR) is 144 cm³/mol. The zero-order valence-electron chi connectivity index (χ0n) is 20.6. The van der Waals surface area contributed by atoms with E-state index >= 15 is 0 Å². The minimum Gasteiger partial charge on any atom is -0.495 e. The second-order valence-corrected chi connectivity index (χ2v) is 12.4. The fraction of sp³-hybridized carbons (Fsp3) is 0.385. The lowest BCUT2D eigenvalue weighted by atomic mass is 9.90. The lowest BCUT2D eigenvalue weighted by Gasteiger charge is -2.36. The van der Waals surface area contributed by atoms with E-state index in [1.807, 2.05) is 13.0 Å². The van der Waals surface area contributed by atoms with Gasteiger partial charge in [0.25, 0.3) is 5.91 Å². The van der Waals surface area contributed by atoms with Crippen LogP contribution in [-0.4, -0.2) is 57.9 Å². The second-order valence-electron chi connectivity index (χ2n) is 9.25. The van der Waals surface area contributed by atoms with E-state index in [1.54, 1.807) is 42.3 Å². The Labute approximate surface area is 221 Å². The molecule has 36 heavy (non-hydrogen) atoms. The number of methoxy groups -OCH3 is 1. The summed E-state index contributed by atoms with van der Waals surface area (Å²) in [4.78, 5) is 19.6. The summed E-state index contributed by atoms with van der Waals surface area (Å²) < 4.78 is 29.3. The molecule has 1 atom stereocenters. The van der Waals surface area contributed by atoms with E-state index < -0.39 is 20.6 Å². The largest absolute Gasteiger partial charge is 0.495 e. The van der Waals surface area contributed by atoms with E-state index in [-0.39, 0.29) is 10.9 Å². The Morgan fingerprint density at radius 3 is 2.50 bits per heavy atom. The number of sulfone groups is 1. The van der Waals surface area contributed by atoms with Crippen LogP contribution in [0.5, 0.6) is 5.75 Å². The Bertz CT molecular complexity index is 1400. The number of hydrogen-bond donors (Lipinski definition) is 1. The highest BCUT2D eigenvalue weighted by Gasteiger charge is 2.53. The van der Waals surface area contributed by atoms with Gasteiger partial charge in [-0.15, -0.1) is 0 Å². The average Bonchev–Trinajstić information content (AvgIpc) is 3.64. The molecule has 0 spiro atoms. The fourth-order valence-electron chi connectivity index (χ4n) is 4.93. The number of halogens is 2. The molecule has 0 aromatic heterocycles.